The smallest absolute Gasteiger partial charge is 0.242 e. The Bertz CT molecular complexity index is 811. The van der Waals surface area contributed by atoms with E-state index in [1.165, 1.54) is 12.1 Å². The third-order valence-corrected chi connectivity index (χ3v) is 5.06. The maximum atomic E-state index is 14.2. The van der Waals surface area contributed by atoms with E-state index in [0.717, 1.165) is 24.5 Å². The van der Waals surface area contributed by atoms with Gasteiger partial charge in [-0.25, -0.2) is 8.78 Å². The average Bonchev–Trinajstić information content (AvgIpc) is 3.47. The summed E-state index contributed by atoms with van der Waals surface area (Å²) in [5.74, 6) is -1.28. The number of carbonyl (C=O) groups excluding carboxylic acids is 1. The molecule has 1 aliphatic heterocycles. The second kappa shape index (κ2) is 7.74. The van der Waals surface area contributed by atoms with Crippen LogP contribution in [0.3, 0.4) is 0 Å². The van der Waals surface area contributed by atoms with E-state index < -0.39 is 23.8 Å². The fourth-order valence-electron chi connectivity index (χ4n) is 3.53. The SMILES string of the molecule is O=C(NC1CC1)C(c1ccccc1)N1CCOC(c2ccc(F)cc2F)C1. The van der Waals surface area contributed by atoms with E-state index >= 15 is 0 Å². The van der Waals surface area contributed by atoms with Crippen LogP contribution in [0.15, 0.2) is 48.5 Å². The van der Waals surface area contributed by atoms with Gasteiger partial charge in [0.25, 0.3) is 0 Å². The zero-order valence-electron chi connectivity index (χ0n) is 14.9. The van der Waals surface area contributed by atoms with Crippen molar-refractivity contribution >= 4 is 5.91 Å². The summed E-state index contributed by atoms with van der Waals surface area (Å²) >= 11 is 0. The van der Waals surface area contributed by atoms with Gasteiger partial charge in [-0.15, -0.1) is 0 Å². The highest BCUT2D eigenvalue weighted by Gasteiger charge is 2.35. The predicted molar refractivity (Wildman–Crippen MR) is 97.0 cm³/mol. The standard InChI is InChI=1S/C21H22F2N2O2/c22-15-6-9-17(18(23)12-15)19-13-25(10-11-27-19)20(14-4-2-1-3-5-14)21(26)24-16-7-8-16/h1-6,9,12,16,19-20H,7-8,10-11,13H2,(H,24,26). The summed E-state index contributed by atoms with van der Waals surface area (Å²) in [6.07, 6.45) is 1.49. The third kappa shape index (κ3) is 4.17. The molecule has 4 nitrogen and oxygen atoms in total. The Morgan fingerprint density at radius 2 is 1.93 bits per heavy atom. The summed E-state index contributed by atoms with van der Waals surface area (Å²) in [5.41, 5.74) is 1.21. The lowest BCUT2D eigenvalue weighted by Crippen LogP contribution is -2.47. The fourth-order valence-corrected chi connectivity index (χ4v) is 3.53. The molecule has 4 rings (SSSR count). The number of rotatable bonds is 5. The molecule has 0 bridgehead atoms. The van der Waals surface area contributed by atoms with Crippen LogP contribution in [0.1, 0.15) is 36.1 Å². The van der Waals surface area contributed by atoms with E-state index in [4.69, 9.17) is 4.74 Å². The maximum Gasteiger partial charge on any atom is 0.242 e. The first-order chi connectivity index (χ1) is 13.1. The van der Waals surface area contributed by atoms with Crippen LogP contribution in [0.2, 0.25) is 0 Å². The minimum absolute atomic E-state index is 0.0380. The predicted octanol–water partition coefficient (Wildman–Crippen LogP) is 3.36. The topological polar surface area (TPSA) is 41.6 Å². The Morgan fingerprint density at radius 1 is 1.15 bits per heavy atom. The Kier molecular flexibility index (Phi) is 5.18. The molecule has 1 heterocycles. The number of hydrogen-bond acceptors (Lipinski definition) is 3. The van der Waals surface area contributed by atoms with E-state index in [-0.39, 0.29) is 11.9 Å². The average molecular weight is 372 g/mol. The van der Waals surface area contributed by atoms with Gasteiger partial charge in [-0.1, -0.05) is 36.4 Å². The van der Waals surface area contributed by atoms with Crippen LogP contribution in [0.25, 0.3) is 0 Å². The Labute approximate surface area is 157 Å². The van der Waals surface area contributed by atoms with E-state index in [9.17, 15) is 13.6 Å². The van der Waals surface area contributed by atoms with Crippen LogP contribution in [0, 0.1) is 11.6 Å². The van der Waals surface area contributed by atoms with Crippen molar-refractivity contribution in [2.45, 2.75) is 31.0 Å². The molecule has 142 valence electrons. The van der Waals surface area contributed by atoms with Gasteiger partial charge in [-0.2, -0.15) is 0 Å². The molecular formula is C21H22F2N2O2. The molecule has 2 aromatic rings. The van der Waals surface area contributed by atoms with Gasteiger partial charge in [0, 0.05) is 30.8 Å². The first kappa shape index (κ1) is 18.1. The quantitative estimate of drug-likeness (QED) is 0.875. The molecule has 1 aliphatic carbocycles. The van der Waals surface area contributed by atoms with E-state index in [1.807, 2.05) is 35.2 Å². The van der Waals surface area contributed by atoms with Crippen LogP contribution < -0.4 is 5.32 Å². The van der Waals surface area contributed by atoms with Crippen molar-refractivity contribution in [1.82, 2.24) is 10.2 Å². The summed E-state index contributed by atoms with van der Waals surface area (Å²) in [7, 11) is 0. The molecule has 2 atom stereocenters. The first-order valence-corrected chi connectivity index (χ1v) is 9.28. The number of carbonyl (C=O) groups is 1. The lowest BCUT2D eigenvalue weighted by molar-refractivity contribution is -0.130. The van der Waals surface area contributed by atoms with Gasteiger partial charge in [0.05, 0.1) is 12.7 Å². The van der Waals surface area contributed by atoms with Gasteiger partial charge < -0.3 is 10.1 Å². The highest BCUT2D eigenvalue weighted by atomic mass is 19.1. The molecule has 2 aliphatic rings. The zero-order valence-corrected chi connectivity index (χ0v) is 14.9. The lowest BCUT2D eigenvalue weighted by atomic mass is 10.0. The zero-order chi connectivity index (χ0) is 18.8. The van der Waals surface area contributed by atoms with Crippen molar-refractivity contribution in [1.29, 1.82) is 0 Å². The van der Waals surface area contributed by atoms with Crippen LogP contribution in [-0.4, -0.2) is 36.5 Å². The number of hydrogen-bond donors (Lipinski definition) is 1. The van der Waals surface area contributed by atoms with Gasteiger partial charge in [-0.05, 0) is 24.5 Å². The molecule has 1 amide bonds. The van der Waals surface area contributed by atoms with Gasteiger partial charge in [0.15, 0.2) is 0 Å². The van der Waals surface area contributed by atoms with E-state index in [1.54, 1.807) is 0 Å². The largest absolute Gasteiger partial charge is 0.371 e. The van der Waals surface area contributed by atoms with Gasteiger partial charge in [-0.3, -0.25) is 9.69 Å². The van der Waals surface area contributed by atoms with Crippen molar-refractivity contribution in [3.63, 3.8) is 0 Å². The van der Waals surface area contributed by atoms with Crippen molar-refractivity contribution < 1.29 is 18.3 Å². The van der Waals surface area contributed by atoms with Crippen LogP contribution >= 0.6 is 0 Å². The minimum Gasteiger partial charge on any atom is -0.371 e. The van der Waals surface area contributed by atoms with Crippen molar-refractivity contribution in [3.8, 4) is 0 Å². The Morgan fingerprint density at radius 3 is 2.63 bits per heavy atom. The molecule has 2 unspecified atom stereocenters. The Hall–Kier alpha value is -2.31. The molecule has 2 fully saturated rings. The van der Waals surface area contributed by atoms with Gasteiger partial charge in [0.1, 0.15) is 17.7 Å². The number of ether oxygens (including phenoxy) is 1. The molecule has 1 saturated heterocycles. The number of halogens is 2. The molecule has 2 aromatic carbocycles. The van der Waals surface area contributed by atoms with Crippen molar-refractivity contribution in [2.24, 2.45) is 0 Å². The second-order valence-electron chi connectivity index (χ2n) is 7.12. The molecule has 6 heteroatoms. The summed E-state index contributed by atoms with van der Waals surface area (Å²) in [6.45, 7) is 1.30. The number of morpholine rings is 1. The van der Waals surface area contributed by atoms with Gasteiger partial charge in [0.2, 0.25) is 5.91 Å². The molecule has 1 N–H and O–H groups in total. The molecular weight excluding hydrogens is 350 g/mol. The molecule has 0 spiro atoms. The number of benzene rings is 2. The minimum atomic E-state index is -0.624. The second-order valence-corrected chi connectivity index (χ2v) is 7.12. The number of nitrogens with zero attached hydrogens (tertiary/aromatic N) is 1. The summed E-state index contributed by atoms with van der Waals surface area (Å²) in [4.78, 5) is 14.9. The summed E-state index contributed by atoms with van der Waals surface area (Å²) < 4.78 is 33.2. The summed E-state index contributed by atoms with van der Waals surface area (Å²) in [5, 5.41) is 3.08. The van der Waals surface area contributed by atoms with Crippen molar-refractivity contribution in [2.75, 3.05) is 19.7 Å². The van der Waals surface area contributed by atoms with Crippen LogP contribution in [-0.2, 0) is 9.53 Å². The van der Waals surface area contributed by atoms with E-state index in [2.05, 4.69) is 5.32 Å². The fraction of sp³-hybridized carbons (Fsp3) is 0.381. The van der Waals surface area contributed by atoms with Crippen LogP contribution in [0.4, 0.5) is 8.78 Å². The summed E-state index contributed by atoms with van der Waals surface area (Å²) in [6, 6.07) is 12.9. The Balaban J connectivity index is 1.58. The first-order valence-electron chi connectivity index (χ1n) is 9.28. The van der Waals surface area contributed by atoms with Crippen LogP contribution in [0.5, 0.6) is 0 Å². The lowest BCUT2D eigenvalue weighted by Gasteiger charge is -2.38. The molecule has 0 radical (unpaired) electrons. The highest BCUT2D eigenvalue weighted by Crippen LogP contribution is 2.31. The maximum absolute atomic E-state index is 14.2. The van der Waals surface area contributed by atoms with E-state index in [0.29, 0.717) is 25.3 Å². The third-order valence-electron chi connectivity index (χ3n) is 5.06. The molecule has 1 saturated carbocycles. The highest BCUT2D eigenvalue weighted by molar-refractivity contribution is 5.83. The number of amides is 1. The normalized spacial score (nSPS) is 21.6. The molecule has 0 aromatic heterocycles. The van der Waals surface area contributed by atoms with Crippen molar-refractivity contribution in [3.05, 3.63) is 71.3 Å². The van der Waals surface area contributed by atoms with Gasteiger partial charge >= 0.3 is 0 Å². The molecule has 27 heavy (non-hydrogen) atoms. The number of nitrogens with one attached hydrogen (secondary N) is 1. The monoisotopic (exact) mass is 372 g/mol.